The van der Waals surface area contributed by atoms with Crippen LogP contribution in [0.3, 0.4) is 0 Å². The number of nitrogens with two attached hydrogens (primary N) is 1. The van der Waals surface area contributed by atoms with Crippen LogP contribution < -0.4 is 10.5 Å². The molecule has 0 saturated heterocycles. The van der Waals surface area contributed by atoms with Gasteiger partial charge in [0, 0.05) is 16.8 Å². The molecule has 2 aromatic carbocycles. The highest BCUT2D eigenvalue weighted by Crippen LogP contribution is 2.35. The zero-order valence-corrected chi connectivity index (χ0v) is 12.4. The predicted molar refractivity (Wildman–Crippen MR) is 82.6 cm³/mol. The molecule has 0 radical (unpaired) electrons. The van der Waals surface area contributed by atoms with E-state index < -0.39 is 15.8 Å². The fourth-order valence-corrected chi connectivity index (χ4v) is 3.10. The molecule has 0 amide bonds. The van der Waals surface area contributed by atoms with E-state index in [9.17, 15) is 18.0 Å². The van der Waals surface area contributed by atoms with E-state index in [2.05, 4.69) is 4.72 Å². The van der Waals surface area contributed by atoms with Gasteiger partial charge in [-0.3, -0.25) is 14.3 Å². The van der Waals surface area contributed by atoms with Crippen LogP contribution in [-0.2, 0) is 10.0 Å². The Balaban J connectivity index is 2.32. The van der Waals surface area contributed by atoms with Crippen LogP contribution in [0.15, 0.2) is 36.4 Å². The first-order valence-corrected chi connectivity index (χ1v) is 8.27. The summed E-state index contributed by atoms with van der Waals surface area (Å²) in [6.45, 7) is 0. The minimum absolute atomic E-state index is 0.00544. The molecule has 0 bridgehead atoms. The fraction of sp³-hybridized carbons (Fsp3) is 0.0667. The number of nitrogen functional groups attached to an aromatic ring is 1. The molecular weight excluding hydrogens is 304 g/mol. The van der Waals surface area contributed by atoms with Gasteiger partial charge in [-0.25, -0.2) is 8.42 Å². The lowest BCUT2D eigenvalue weighted by molar-refractivity contribution is 0.0980. The molecule has 0 atom stereocenters. The number of rotatable bonds is 2. The molecule has 0 heterocycles. The molecule has 0 aliphatic heterocycles. The average Bonchev–Trinajstić information content (AvgIpc) is 2.45. The minimum atomic E-state index is -3.60. The summed E-state index contributed by atoms with van der Waals surface area (Å²) in [6.07, 6.45) is 0.971. The zero-order chi connectivity index (χ0) is 16.1. The van der Waals surface area contributed by atoms with Gasteiger partial charge in [0.15, 0.2) is 11.6 Å². The van der Waals surface area contributed by atoms with Crippen LogP contribution in [0.5, 0.6) is 0 Å². The van der Waals surface area contributed by atoms with E-state index >= 15 is 0 Å². The molecule has 0 unspecified atom stereocenters. The predicted octanol–water partition coefficient (Wildman–Crippen LogP) is 1.42. The second-order valence-electron chi connectivity index (χ2n) is 5.03. The van der Waals surface area contributed by atoms with Crippen molar-refractivity contribution in [3.63, 3.8) is 0 Å². The molecular formula is C15H12N2O4S. The number of hydrogen-bond donors (Lipinski definition) is 2. The number of carbonyl (C=O) groups excluding carboxylic acids is 2. The SMILES string of the molecule is CS(=O)(=O)Nc1ccc(N)c2c1C(=O)c1ccccc1C2=O. The van der Waals surface area contributed by atoms with E-state index in [-0.39, 0.29) is 39.4 Å². The number of nitrogens with one attached hydrogen (secondary N) is 1. The van der Waals surface area contributed by atoms with Crippen LogP contribution in [0.1, 0.15) is 31.8 Å². The number of hydrogen-bond acceptors (Lipinski definition) is 5. The van der Waals surface area contributed by atoms with E-state index in [1.807, 2.05) is 0 Å². The van der Waals surface area contributed by atoms with Crippen molar-refractivity contribution in [2.45, 2.75) is 0 Å². The summed E-state index contributed by atoms with van der Waals surface area (Å²) in [5.74, 6) is -0.816. The Labute approximate surface area is 127 Å². The molecule has 0 aromatic heterocycles. The van der Waals surface area contributed by atoms with Crippen molar-refractivity contribution in [2.75, 3.05) is 16.7 Å². The number of ketones is 2. The molecule has 3 rings (SSSR count). The number of anilines is 2. The van der Waals surface area contributed by atoms with Crippen LogP contribution in [0.2, 0.25) is 0 Å². The summed E-state index contributed by atoms with van der Waals surface area (Å²) < 4.78 is 25.2. The Kier molecular flexibility index (Phi) is 3.03. The second kappa shape index (κ2) is 4.67. The van der Waals surface area contributed by atoms with Crippen molar-refractivity contribution >= 4 is 33.0 Å². The van der Waals surface area contributed by atoms with Gasteiger partial charge in [0.2, 0.25) is 10.0 Å². The fourth-order valence-electron chi connectivity index (χ4n) is 2.53. The van der Waals surface area contributed by atoms with Crippen LogP contribution >= 0.6 is 0 Å². The van der Waals surface area contributed by atoms with E-state index in [0.29, 0.717) is 0 Å². The summed E-state index contributed by atoms with van der Waals surface area (Å²) in [4.78, 5) is 25.3. The molecule has 112 valence electrons. The van der Waals surface area contributed by atoms with E-state index in [1.54, 1.807) is 18.2 Å². The van der Waals surface area contributed by atoms with Crippen molar-refractivity contribution in [1.29, 1.82) is 0 Å². The van der Waals surface area contributed by atoms with Crippen molar-refractivity contribution in [3.05, 3.63) is 58.7 Å². The standard InChI is InChI=1S/C15H12N2O4S/c1-22(20,21)17-11-7-6-10(16)12-13(11)15(19)9-5-3-2-4-8(9)14(12)18/h2-7,17H,16H2,1H3. The molecule has 22 heavy (non-hydrogen) atoms. The van der Waals surface area contributed by atoms with Crippen molar-refractivity contribution in [1.82, 2.24) is 0 Å². The topological polar surface area (TPSA) is 106 Å². The van der Waals surface area contributed by atoms with Crippen molar-refractivity contribution < 1.29 is 18.0 Å². The largest absolute Gasteiger partial charge is 0.398 e. The summed E-state index contributed by atoms with van der Waals surface area (Å²) in [7, 11) is -3.60. The zero-order valence-electron chi connectivity index (χ0n) is 11.6. The Hall–Kier alpha value is -2.67. The molecule has 0 saturated carbocycles. The second-order valence-corrected chi connectivity index (χ2v) is 6.78. The summed E-state index contributed by atoms with van der Waals surface area (Å²) in [6, 6.07) is 9.18. The lowest BCUT2D eigenvalue weighted by atomic mass is 9.82. The van der Waals surface area contributed by atoms with Crippen LogP contribution in [0, 0.1) is 0 Å². The maximum atomic E-state index is 12.7. The van der Waals surface area contributed by atoms with E-state index in [0.717, 1.165) is 6.26 Å². The van der Waals surface area contributed by atoms with Crippen molar-refractivity contribution in [2.24, 2.45) is 0 Å². The lowest BCUT2D eigenvalue weighted by Gasteiger charge is -2.21. The number of fused-ring (bicyclic) bond motifs is 2. The van der Waals surface area contributed by atoms with Gasteiger partial charge < -0.3 is 5.73 Å². The van der Waals surface area contributed by atoms with Crippen molar-refractivity contribution in [3.8, 4) is 0 Å². The van der Waals surface area contributed by atoms with Gasteiger partial charge in [-0.1, -0.05) is 24.3 Å². The maximum absolute atomic E-state index is 12.7. The minimum Gasteiger partial charge on any atom is -0.398 e. The average molecular weight is 316 g/mol. The Morgan fingerprint density at radius 3 is 2.00 bits per heavy atom. The maximum Gasteiger partial charge on any atom is 0.229 e. The Bertz CT molecular complexity index is 933. The quantitative estimate of drug-likeness (QED) is 0.695. The molecule has 1 aliphatic carbocycles. The van der Waals surface area contributed by atoms with E-state index in [1.165, 1.54) is 18.2 Å². The van der Waals surface area contributed by atoms with Gasteiger partial charge in [0.05, 0.1) is 23.1 Å². The molecule has 2 aromatic rings. The highest BCUT2D eigenvalue weighted by atomic mass is 32.2. The lowest BCUT2D eigenvalue weighted by Crippen LogP contribution is -2.24. The van der Waals surface area contributed by atoms with Crippen LogP contribution in [0.4, 0.5) is 11.4 Å². The van der Waals surface area contributed by atoms with Gasteiger partial charge >= 0.3 is 0 Å². The number of sulfonamides is 1. The third kappa shape index (κ3) is 2.15. The van der Waals surface area contributed by atoms with Gasteiger partial charge in [0.25, 0.3) is 0 Å². The monoisotopic (exact) mass is 316 g/mol. The third-order valence-corrected chi connectivity index (χ3v) is 3.99. The summed E-state index contributed by atoms with van der Waals surface area (Å²) >= 11 is 0. The molecule has 0 fully saturated rings. The first-order valence-electron chi connectivity index (χ1n) is 6.38. The highest BCUT2D eigenvalue weighted by Gasteiger charge is 2.33. The van der Waals surface area contributed by atoms with Crippen LogP contribution in [-0.4, -0.2) is 26.2 Å². The third-order valence-electron chi connectivity index (χ3n) is 3.40. The van der Waals surface area contributed by atoms with Crippen LogP contribution in [0.25, 0.3) is 0 Å². The highest BCUT2D eigenvalue weighted by molar-refractivity contribution is 7.92. The first kappa shape index (κ1) is 14.3. The molecule has 0 spiro atoms. The Morgan fingerprint density at radius 2 is 1.45 bits per heavy atom. The smallest absolute Gasteiger partial charge is 0.229 e. The van der Waals surface area contributed by atoms with Gasteiger partial charge in [-0.05, 0) is 12.1 Å². The van der Waals surface area contributed by atoms with E-state index in [4.69, 9.17) is 5.73 Å². The molecule has 7 heteroatoms. The molecule has 1 aliphatic rings. The van der Waals surface area contributed by atoms with Gasteiger partial charge in [0.1, 0.15) is 0 Å². The number of carbonyl (C=O) groups is 2. The van der Waals surface area contributed by atoms with Gasteiger partial charge in [-0.15, -0.1) is 0 Å². The Morgan fingerprint density at radius 1 is 0.909 bits per heavy atom. The van der Waals surface area contributed by atoms with Gasteiger partial charge in [-0.2, -0.15) is 0 Å². The normalized spacial score (nSPS) is 13.5. The summed E-state index contributed by atoms with van der Waals surface area (Å²) in [5.41, 5.74) is 6.57. The summed E-state index contributed by atoms with van der Waals surface area (Å²) in [5, 5.41) is 0. The molecule has 3 N–H and O–H groups in total. The number of benzene rings is 2. The molecule has 6 nitrogen and oxygen atoms in total. The first-order chi connectivity index (χ1) is 10.3.